The number of hydrogen-bond acceptors (Lipinski definition) is 3. The Kier molecular flexibility index (Phi) is 7.24. The Labute approximate surface area is 243 Å². The van der Waals surface area contributed by atoms with Crippen LogP contribution in [-0.4, -0.2) is 32.0 Å². The Bertz CT molecular complexity index is 1730. The molecule has 0 aliphatic carbocycles. The van der Waals surface area contributed by atoms with Crippen molar-refractivity contribution in [1.29, 1.82) is 0 Å². The number of halogens is 1. The number of carbonyl (C=O) groups excluding carboxylic acids is 1. The van der Waals surface area contributed by atoms with Crippen LogP contribution in [0.3, 0.4) is 0 Å². The molecule has 3 heterocycles. The number of nitrogens with one attached hydrogen (secondary N) is 2. The van der Waals surface area contributed by atoms with Gasteiger partial charge in [0.1, 0.15) is 5.82 Å². The third-order valence-corrected chi connectivity index (χ3v) is 8.05. The van der Waals surface area contributed by atoms with Crippen LogP contribution in [0.5, 0.6) is 0 Å². The highest BCUT2D eigenvalue weighted by Gasteiger charge is 2.41. The number of carbonyl (C=O) groups is 1. The lowest BCUT2D eigenvalue weighted by atomic mass is 9.96. The number of pyridine rings is 1. The van der Waals surface area contributed by atoms with E-state index >= 15 is 0 Å². The van der Waals surface area contributed by atoms with E-state index in [9.17, 15) is 9.18 Å². The molecule has 0 radical (unpaired) electrons. The lowest BCUT2D eigenvalue weighted by Gasteiger charge is -2.28. The van der Waals surface area contributed by atoms with Crippen LogP contribution in [0.4, 0.5) is 10.1 Å². The summed E-state index contributed by atoms with van der Waals surface area (Å²) in [6.07, 6.45) is 2.00. The van der Waals surface area contributed by atoms with Gasteiger partial charge >= 0.3 is 0 Å². The van der Waals surface area contributed by atoms with Crippen LogP contribution < -0.4 is 10.6 Å². The molecule has 0 saturated carbocycles. The van der Waals surface area contributed by atoms with Crippen molar-refractivity contribution < 1.29 is 9.18 Å². The third-order valence-electron chi connectivity index (χ3n) is 7.70. The second-order valence-corrected chi connectivity index (χ2v) is 10.7. The lowest BCUT2D eigenvalue weighted by Crippen LogP contribution is -2.32. The maximum Gasteiger partial charge on any atom is 0.226 e. The van der Waals surface area contributed by atoms with Crippen molar-refractivity contribution in [1.82, 2.24) is 19.8 Å². The lowest BCUT2D eigenvalue weighted by molar-refractivity contribution is -0.116. The molecule has 2 N–H and O–H groups in total. The zero-order valence-corrected chi connectivity index (χ0v) is 23.7. The van der Waals surface area contributed by atoms with Gasteiger partial charge in [0.2, 0.25) is 5.91 Å². The molecule has 3 aromatic carbocycles. The van der Waals surface area contributed by atoms with E-state index in [-0.39, 0.29) is 30.2 Å². The van der Waals surface area contributed by atoms with Crippen molar-refractivity contribution in [2.45, 2.75) is 32.4 Å². The summed E-state index contributed by atoms with van der Waals surface area (Å²) in [6.45, 7) is 4.67. The molecular weight excluding hydrogens is 533 g/mol. The van der Waals surface area contributed by atoms with Crippen molar-refractivity contribution in [2.75, 3.05) is 11.9 Å². The Morgan fingerprint density at radius 3 is 2.54 bits per heavy atom. The number of thiocarbonyl (C=S) groups is 1. The minimum absolute atomic E-state index is 0.166. The summed E-state index contributed by atoms with van der Waals surface area (Å²) in [6, 6.07) is 28.3. The molecule has 5 aromatic rings. The molecule has 1 aliphatic heterocycles. The van der Waals surface area contributed by atoms with E-state index in [0.29, 0.717) is 17.3 Å². The highest BCUT2D eigenvalue weighted by Crippen LogP contribution is 2.42. The molecule has 206 valence electrons. The first kappa shape index (κ1) is 26.7. The summed E-state index contributed by atoms with van der Waals surface area (Å²) in [5.41, 5.74) is 5.90. The highest BCUT2D eigenvalue weighted by atomic mass is 32.1. The number of aryl methyl sites for hydroxylation is 1. The van der Waals surface area contributed by atoms with Crippen LogP contribution >= 0.6 is 12.2 Å². The average Bonchev–Trinajstić information content (AvgIpc) is 3.47. The summed E-state index contributed by atoms with van der Waals surface area (Å²) >= 11 is 5.84. The van der Waals surface area contributed by atoms with E-state index in [0.717, 1.165) is 28.3 Å². The van der Waals surface area contributed by atoms with Crippen LogP contribution in [0.1, 0.15) is 41.1 Å². The number of rotatable bonds is 7. The van der Waals surface area contributed by atoms with Gasteiger partial charge in [-0.1, -0.05) is 42.5 Å². The van der Waals surface area contributed by atoms with Crippen LogP contribution in [0.15, 0.2) is 97.2 Å². The number of benzene rings is 3. The zero-order valence-electron chi connectivity index (χ0n) is 22.8. The fourth-order valence-corrected chi connectivity index (χ4v) is 6.16. The van der Waals surface area contributed by atoms with Gasteiger partial charge in [-0.05, 0) is 85.5 Å². The van der Waals surface area contributed by atoms with Crippen LogP contribution in [0.2, 0.25) is 0 Å². The number of anilines is 1. The van der Waals surface area contributed by atoms with Gasteiger partial charge < -0.3 is 20.1 Å². The third kappa shape index (κ3) is 5.18. The molecule has 41 heavy (non-hydrogen) atoms. The van der Waals surface area contributed by atoms with E-state index in [1.807, 2.05) is 18.2 Å². The monoisotopic (exact) mass is 563 g/mol. The molecule has 8 heteroatoms. The van der Waals surface area contributed by atoms with Crippen molar-refractivity contribution in [3.63, 3.8) is 0 Å². The minimum atomic E-state index is -0.346. The van der Waals surface area contributed by atoms with Gasteiger partial charge in [-0.25, -0.2) is 4.39 Å². The fraction of sp³-hybridized carbons (Fsp3) is 0.182. The summed E-state index contributed by atoms with van der Waals surface area (Å²) in [5, 5.41) is 9.28. The second-order valence-electron chi connectivity index (χ2n) is 10.3. The number of fused-ring (bicyclic) bond motifs is 1. The fourth-order valence-electron chi connectivity index (χ4n) is 5.82. The second kappa shape index (κ2) is 11.1. The molecule has 0 bridgehead atoms. The van der Waals surface area contributed by atoms with Crippen LogP contribution in [-0.2, 0) is 4.79 Å². The van der Waals surface area contributed by atoms with Gasteiger partial charge in [-0.15, -0.1) is 0 Å². The molecular formula is C33H30FN5OS. The quantitative estimate of drug-likeness (QED) is 0.214. The molecule has 1 saturated heterocycles. The molecule has 0 unspecified atom stereocenters. The Morgan fingerprint density at radius 2 is 1.76 bits per heavy atom. The molecule has 6 rings (SSSR count). The standard InChI is InChI=1S/C33H30FN5OS/c1-21-20-27(22(2)39(21)29-12-7-9-23-8-3-4-10-26(23)29)32-31(28-11-5-6-18-35-28)37-33(41)38(32)19-17-30(40)36-25-15-13-24(34)14-16-25/h3-16,18,20,31-32H,17,19H2,1-2H3,(H,36,40)(H,37,41)/t31-,32+/m1/s1. The molecule has 6 nitrogen and oxygen atoms in total. The first-order chi connectivity index (χ1) is 19.9. The molecule has 2 atom stereocenters. The summed E-state index contributed by atoms with van der Waals surface area (Å²) in [7, 11) is 0. The van der Waals surface area contributed by atoms with Gasteiger partial charge in [-0.2, -0.15) is 0 Å². The van der Waals surface area contributed by atoms with E-state index in [1.54, 1.807) is 18.3 Å². The molecule has 1 fully saturated rings. The van der Waals surface area contributed by atoms with Crippen LogP contribution in [0, 0.1) is 19.7 Å². The topological polar surface area (TPSA) is 62.2 Å². The normalized spacial score (nSPS) is 16.7. The number of hydrogen-bond donors (Lipinski definition) is 2. The summed E-state index contributed by atoms with van der Waals surface area (Å²) < 4.78 is 15.6. The van der Waals surface area contributed by atoms with Crippen molar-refractivity contribution in [3.8, 4) is 5.69 Å². The van der Waals surface area contributed by atoms with Gasteiger partial charge in [-0.3, -0.25) is 9.78 Å². The molecule has 1 aliphatic rings. The number of aromatic nitrogens is 2. The first-order valence-electron chi connectivity index (χ1n) is 13.6. The average molecular weight is 564 g/mol. The van der Waals surface area contributed by atoms with Gasteiger partial charge in [0.15, 0.2) is 5.11 Å². The Morgan fingerprint density at radius 1 is 1.00 bits per heavy atom. The van der Waals surface area contributed by atoms with Gasteiger partial charge in [0.25, 0.3) is 0 Å². The number of amides is 1. The number of nitrogens with zero attached hydrogens (tertiary/aromatic N) is 3. The largest absolute Gasteiger partial charge is 0.352 e. The minimum Gasteiger partial charge on any atom is -0.352 e. The predicted octanol–water partition coefficient (Wildman–Crippen LogP) is 6.78. The van der Waals surface area contributed by atoms with Crippen molar-refractivity contribution in [3.05, 3.63) is 126 Å². The van der Waals surface area contributed by atoms with Crippen LogP contribution in [0.25, 0.3) is 16.5 Å². The summed E-state index contributed by atoms with van der Waals surface area (Å²) in [4.78, 5) is 19.6. The molecule has 0 spiro atoms. The van der Waals surface area contributed by atoms with Gasteiger partial charge in [0.05, 0.1) is 23.5 Å². The highest BCUT2D eigenvalue weighted by molar-refractivity contribution is 7.80. The predicted molar refractivity (Wildman–Crippen MR) is 165 cm³/mol. The van der Waals surface area contributed by atoms with E-state index < -0.39 is 0 Å². The Balaban J connectivity index is 1.36. The van der Waals surface area contributed by atoms with E-state index in [1.165, 1.54) is 22.9 Å². The zero-order chi connectivity index (χ0) is 28.5. The SMILES string of the molecule is Cc1cc([C@H]2[C@@H](c3ccccn3)NC(=S)N2CCC(=O)Nc2ccc(F)cc2)c(C)n1-c1cccc2ccccc12. The first-order valence-corrected chi connectivity index (χ1v) is 14.0. The van der Waals surface area contributed by atoms with E-state index in [4.69, 9.17) is 12.2 Å². The maximum absolute atomic E-state index is 13.3. The Hall–Kier alpha value is -4.56. The van der Waals surface area contributed by atoms with Crippen molar-refractivity contribution in [2.24, 2.45) is 0 Å². The van der Waals surface area contributed by atoms with Gasteiger partial charge in [0, 0.05) is 41.6 Å². The molecule has 1 amide bonds. The molecule has 2 aromatic heterocycles. The van der Waals surface area contributed by atoms with Crippen molar-refractivity contribution >= 4 is 39.7 Å². The summed E-state index contributed by atoms with van der Waals surface area (Å²) in [5.74, 6) is -0.512. The smallest absolute Gasteiger partial charge is 0.226 e. The van der Waals surface area contributed by atoms with E-state index in [2.05, 4.69) is 87.5 Å². The maximum atomic E-state index is 13.3.